The van der Waals surface area contributed by atoms with E-state index in [0.717, 1.165) is 0 Å². The molecular formula is C25H35NO7. The second kappa shape index (κ2) is 11.6. The fraction of sp³-hybridized carbons (Fsp3) is 0.520. The van der Waals surface area contributed by atoms with Crippen LogP contribution in [0, 0.1) is 11.3 Å². The summed E-state index contributed by atoms with van der Waals surface area (Å²) < 4.78 is 10.9. The molecule has 1 aromatic rings. The first kappa shape index (κ1) is 26.7. The number of aliphatic hydroxyl groups excluding tert-OH is 3. The van der Waals surface area contributed by atoms with Crippen molar-refractivity contribution in [1.29, 1.82) is 0 Å². The third-order valence-electron chi connectivity index (χ3n) is 5.35. The number of nitrogens with zero attached hydrogens (tertiary/aromatic N) is 1. The zero-order chi connectivity index (χ0) is 24.8. The molecule has 8 heteroatoms. The molecule has 2 rings (SSSR count). The van der Waals surface area contributed by atoms with E-state index >= 15 is 0 Å². The van der Waals surface area contributed by atoms with Gasteiger partial charge < -0.3 is 29.7 Å². The summed E-state index contributed by atoms with van der Waals surface area (Å²) in [6.45, 7) is 9.66. The first-order valence-electron chi connectivity index (χ1n) is 10.9. The fourth-order valence-electron chi connectivity index (χ4n) is 3.57. The summed E-state index contributed by atoms with van der Waals surface area (Å²) in [5, 5.41) is 31.1. The van der Waals surface area contributed by atoms with Gasteiger partial charge in [-0.25, -0.2) is 0 Å². The number of Topliss-reactive ketones (excluding diaryl/α,β-unsaturated/α-hetero) is 1. The summed E-state index contributed by atoms with van der Waals surface area (Å²) >= 11 is 0. The Morgan fingerprint density at radius 3 is 2.55 bits per heavy atom. The van der Waals surface area contributed by atoms with Crippen molar-refractivity contribution in [3.63, 3.8) is 0 Å². The number of methoxy groups -OCH3 is 1. The molecule has 0 saturated carbocycles. The molecule has 0 fully saturated rings. The number of hydrogen-bond acceptors (Lipinski definition) is 7. The predicted octanol–water partition coefficient (Wildman–Crippen LogP) is 1.87. The van der Waals surface area contributed by atoms with Crippen molar-refractivity contribution in [2.24, 2.45) is 11.3 Å². The zero-order valence-corrected chi connectivity index (χ0v) is 19.7. The average molecular weight is 462 g/mol. The van der Waals surface area contributed by atoms with Gasteiger partial charge >= 0.3 is 0 Å². The topological polar surface area (TPSA) is 117 Å². The molecule has 1 aliphatic rings. The van der Waals surface area contributed by atoms with Crippen molar-refractivity contribution < 1.29 is 34.4 Å². The Kier molecular flexibility index (Phi) is 9.36. The zero-order valence-electron chi connectivity index (χ0n) is 19.7. The van der Waals surface area contributed by atoms with Crippen molar-refractivity contribution >= 4 is 17.4 Å². The van der Waals surface area contributed by atoms with Crippen LogP contribution in [0.2, 0.25) is 0 Å². The number of carbonyl (C=O) groups is 2. The minimum absolute atomic E-state index is 0.0265. The number of para-hydroxylation sites is 2. The number of rotatable bonds is 10. The number of aliphatic hydroxyl groups is 3. The lowest BCUT2D eigenvalue weighted by molar-refractivity contribution is -0.149. The van der Waals surface area contributed by atoms with Crippen LogP contribution < -0.4 is 9.64 Å². The largest absolute Gasteiger partial charge is 0.491 e. The van der Waals surface area contributed by atoms with E-state index in [4.69, 9.17) is 9.47 Å². The first-order chi connectivity index (χ1) is 15.5. The highest BCUT2D eigenvalue weighted by Gasteiger charge is 2.39. The van der Waals surface area contributed by atoms with Crippen molar-refractivity contribution in [2.75, 3.05) is 25.2 Å². The van der Waals surface area contributed by atoms with Gasteiger partial charge in [0.15, 0.2) is 5.78 Å². The number of fused-ring (bicyclic) bond motifs is 1. The molecular weight excluding hydrogens is 426 g/mol. The second-order valence-electron chi connectivity index (χ2n) is 9.24. The van der Waals surface area contributed by atoms with E-state index in [1.165, 1.54) is 18.1 Å². The van der Waals surface area contributed by atoms with Gasteiger partial charge in [0.05, 0.1) is 11.6 Å². The van der Waals surface area contributed by atoms with Crippen LogP contribution in [0.4, 0.5) is 5.69 Å². The van der Waals surface area contributed by atoms with Crippen LogP contribution in [0.25, 0.3) is 0 Å². The van der Waals surface area contributed by atoms with Gasteiger partial charge in [-0.15, -0.1) is 6.58 Å². The van der Waals surface area contributed by atoms with Crippen molar-refractivity contribution in [3.05, 3.63) is 49.1 Å². The summed E-state index contributed by atoms with van der Waals surface area (Å²) in [5.74, 6) is -1.19. The Morgan fingerprint density at radius 1 is 1.27 bits per heavy atom. The molecule has 1 heterocycles. The van der Waals surface area contributed by atoms with Gasteiger partial charge in [0.2, 0.25) is 5.91 Å². The molecule has 5 atom stereocenters. The number of ketones is 1. The Morgan fingerprint density at radius 2 is 1.94 bits per heavy atom. The monoisotopic (exact) mass is 461 g/mol. The molecule has 1 aromatic carbocycles. The van der Waals surface area contributed by atoms with Gasteiger partial charge in [-0.3, -0.25) is 9.59 Å². The highest BCUT2D eigenvalue weighted by molar-refractivity contribution is 6.00. The minimum Gasteiger partial charge on any atom is -0.491 e. The molecule has 3 N–H and O–H groups in total. The van der Waals surface area contributed by atoms with Crippen molar-refractivity contribution in [3.8, 4) is 5.75 Å². The third kappa shape index (κ3) is 6.98. The summed E-state index contributed by atoms with van der Waals surface area (Å²) in [6, 6.07) is 7.08. The lowest BCUT2D eigenvalue weighted by atomic mass is 9.91. The minimum atomic E-state index is -1.69. The SMILES string of the molecule is C=CCN1C(=O)[C@@H](CC(=O)[C@H](OC)[C@H](O)[C@@H](O)[C@H](O)/C=C/C(C)(C)C)COc2ccccc21. The summed E-state index contributed by atoms with van der Waals surface area (Å²) in [6.07, 6.45) is -1.78. The number of benzene rings is 1. The van der Waals surface area contributed by atoms with E-state index in [9.17, 15) is 24.9 Å². The van der Waals surface area contributed by atoms with Crippen LogP contribution in [-0.2, 0) is 14.3 Å². The van der Waals surface area contributed by atoms with E-state index in [-0.39, 0.29) is 30.9 Å². The molecule has 8 nitrogen and oxygen atoms in total. The normalized spacial score (nSPS) is 20.4. The Balaban J connectivity index is 2.15. The van der Waals surface area contributed by atoms with Crippen LogP contribution in [-0.4, -0.2) is 71.7 Å². The molecule has 0 spiro atoms. The van der Waals surface area contributed by atoms with E-state index < -0.39 is 36.1 Å². The standard InChI is InChI=1S/C25H35NO7/c1-6-13-26-17-9-7-8-10-20(17)33-15-16(24(26)31)14-19(28)23(32-5)22(30)21(29)18(27)11-12-25(2,3)4/h6-12,16,18,21-23,27,29-30H,1,13-15H2,2-5H3/b12-11+/t16-,18+,21-,22+,23-/m0/s1. The van der Waals surface area contributed by atoms with Gasteiger partial charge in [-0.05, 0) is 17.5 Å². The molecule has 0 bridgehead atoms. The fourth-order valence-corrected chi connectivity index (χ4v) is 3.57. The highest BCUT2D eigenvalue weighted by atomic mass is 16.5. The van der Waals surface area contributed by atoms with Crippen molar-refractivity contribution in [2.45, 2.75) is 51.6 Å². The van der Waals surface area contributed by atoms with Crippen LogP contribution in [0.3, 0.4) is 0 Å². The molecule has 0 saturated heterocycles. The molecule has 0 unspecified atom stereocenters. The van der Waals surface area contributed by atoms with Gasteiger partial charge in [-0.2, -0.15) is 0 Å². The lowest BCUT2D eigenvalue weighted by Gasteiger charge is -2.28. The first-order valence-corrected chi connectivity index (χ1v) is 10.9. The maximum atomic E-state index is 13.2. The summed E-state index contributed by atoms with van der Waals surface area (Å²) in [4.78, 5) is 27.7. The van der Waals surface area contributed by atoms with Crippen molar-refractivity contribution in [1.82, 2.24) is 0 Å². The number of allylic oxidation sites excluding steroid dienone is 1. The summed E-state index contributed by atoms with van der Waals surface area (Å²) in [7, 11) is 1.22. The van der Waals surface area contributed by atoms with E-state index in [2.05, 4.69) is 6.58 Å². The molecule has 0 aromatic heterocycles. The van der Waals surface area contributed by atoms with E-state index in [1.54, 1.807) is 36.4 Å². The van der Waals surface area contributed by atoms with E-state index in [0.29, 0.717) is 11.4 Å². The Hall–Kier alpha value is -2.52. The molecule has 182 valence electrons. The molecule has 1 aliphatic heterocycles. The second-order valence-corrected chi connectivity index (χ2v) is 9.24. The maximum absolute atomic E-state index is 13.2. The smallest absolute Gasteiger partial charge is 0.234 e. The third-order valence-corrected chi connectivity index (χ3v) is 5.35. The maximum Gasteiger partial charge on any atom is 0.234 e. The van der Waals surface area contributed by atoms with Crippen LogP contribution >= 0.6 is 0 Å². The van der Waals surface area contributed by atoms with Gasteiger partial charge in [0.25, 0.3) is 0 Å². The van der Waals surface area contributed by atoms with Gasteiger partial charge in [0.1, 0.15) is 36.8 Å². The van der Waals surface area contributed by atoms with E-state index in [1.807, 2.05) is 20.8 Å². The molecule has 0 radical (unpaired) electrons. The number of carbonyl (C=O) groups excluding carboxylic acids is 2. The Bertz CT molecular complexity index is 861. The van der Waals surface area contributed by atoms with Crippen LogP contribution in [0.15, 0.2) is 49.1 Å². The Labute approximate surface area is 195 Å². The number of amides is 1. The average Bonchev–Trinajstić information content (AvgIpc) is 2.89. The number of hydrogen-bond donors (Lipinski definition) is 3. The number of anilines is 1. The molecule has 1 amide bonds. The molecule has 33 heavy (non-hydrogen) atoms. The predicted molar refractivity (Wildman–Crippen MR) is 125 cm³/mol. The quantitative estimate of drug-likeness (QED) is 0.456. The highest BCUT2D eigenvalue weighted by Crippen LogP contribution is 2.33. The van der Waals surface area contributed by atoms with Gasteiger partial charge in [-0.1, -0.05) is 51.1 Å². The van der Waals surface area contributed by atoms with Gasteiger partial charge in [0, 0.05) is 20.1 Å². The molecule has 0 aliphatic carbocycles. The van der Waals surface area contributed by atoms with Crippen LogP contribution in [0.5, 0.6) is 5.75 Å². The lowest BCUT2D eigenvalue weighted by Crippen LogP contribution is -2.49. The van der Waals surface area contributed by atoms with Crippen LogP contribution in [0.1, 0.15) is 27.2 Å². The number of ether oxygens (including phenoxy) is 2. The summed E-state index contributed by atoms with van der Waals surface area (Å²) in [5.41, 5.74) is 0.349.